The van der Waals surface area contributed by atoms with E-state index in [2.05, 4.69) is 4.74 Å². The topological polar surface area (TPSA) is 87.2 Å². The second kappa shape index (κ2) is 6.34. The Labute approximate surface area is 121 Å². The summed E-state index contributed by atoms with van der Waals surface area (Å²) in [6.45, 7) is 1.20. The van der Waals surface area contributed by atoms with Crippen molar-refractivity contribution >= 4 is 29.7 Å². The van der Waals surface area contributed by atoms with E-state index in [0.29, 0.717) is 31.8 Å². The number of ether oxygens (including phenoxy) is 1. The molecule has 2 saturated heterocycles. The van der Waals surface area contributed by atoms with Crippen LogP contribution in [0.5, 0.6) is 0 Å². The summed E-state index contributed by atoms with van der Waals surface area (Å²) in [5.74, 6) is -0.441. The van der Waals surface area contributed by atoms with Crippen molar-refractivity contribution in [2.45, 2.75) is 12.5 Å². The summed E-state index contributed by atoms with van der Waals surface area (Å²) in [7, 11) is 1.33. The van der Waals surface area contributed by atoms with Gasteiger partial charge in [0.15, 0.2) is 0 Å². The number of thioether (sulfide) groups is 1. The van der Waals surface area contributed by atoms with Crippen LogP contribution in [-0.4, -0.2) is 77.2 Å². The predicted octanol–water partition coefficient (Wildman–Crippen LogP) is 0.103. The van der Waals surface area contributed by atoms with E-state index in [4.69, 9.17) is 0 Å². The lowest BCUT2D eigenvalue weighted by molar-refractivity contribution is -0.145. The fraction of sp³-hybridized carbons (Fsp3) is 0.750. The number of nitrogens with zero attached hydrogens (tertiary/aromatic N) is 2. The number of aliphatic carboxylic acids is 1. The number of esters is 1. The van der Waals surface area contributed by atoms with E-state index in [1.807, 2.05) is 0 Å². The largest absolute Gasteiger partial charge is 0.480 e. The maximum atomic E-state index is 12.4. The highest BCUT2D eigenvalue weighted by molar-refractivity contribution is 7.99. The van der Waals surface area contributed by atoms with Gasteiger partial charge in [0.2, 0.25) is 0 Å². The molecule has 0 saturated carbocycles. The van der Waals surface area contributed by atoms with E-state index < -0.39 is 12.0 Å². The summed E-state index contributed by atoms with van der Waals surface area (Å²) in [6, 6.07) is -1.07. The third-order valence-electron chi connectivity index (χ3n) is 3.65. The van der Waals surface area contributed by atoms with Crippen molar-refractivity contribution in [3.05, 3.63) is 0 Å². The van der Waals surface area contributed by atoms with Crippen LogP contribution in [0.4, 0.5) is 4.79 Å². The highest BCUT2D eigenvalue weighted by Crippen LogP contribution is 2.23. The fourth-order valence-corrected chi connectivity index (χ4v) is 3.55. The van der Waals surface area contributed by atoms with Crippen LogP contribution in [0.15, 0.2) is 0 Å². The molecular weight excluding hydrogens is 284 g/mol. The van der Waals surface area contributed by atoms with E-state index in [9.17, 15) is 19.5 Å². The number of carbonyl (C=O) groups is 3. The van der Waals surface area contributed by atoms with Gasteiger partial charge in [0.05, 0.1) is 13.0 Å². The molecule has 0 aromatic heterocycles. The van der Waals surface area contributed by atoms with Crippen molar-refractivity contribution in [3.8, 4) is 0 Å². The van der Waals surface area contributed by atoms with Gasteiger partial charge in [0.25, 0.3) is 0 Å². The number of carboxylic acid groups (broad SMARTS) is 1. The number of carboxylic acids is 1. The Bertz CT molecular complexity index is 417. The minimum Gasteiger partial charge on any atom is -0.480 e. The van der Waals surface area contributed by atoms with Gasteiger partial charge in [-0.15, -0.1) is 0 Å². The van der Waals surface area contributed by atoms with Crippen molar-refractivity contribution in [3.63, 3.8) is 0 Å². The zero-order valence-electron chi connectivity index (χ0n) is 11.3. The van der Waals surface area contributed by atoms with Gasteiger partial charge < -0.3 is 19.6 Å². The molecule has 112 valence electrons. The molecule has 0 bridgehead atoms. The normalized spacial score (nSPS) is 26.4. The van der Waals surface area contributed by atoms with E-state index in [1.165, 1.54) is 23.8 Å². The van der Waals surface area contributed by atoms with Crippen LogP contribution in [0, 0.1) is 5.92 Å². The number of hydrogen-bond acceptors (Lipinski definition) is 5. The lowest BCUT2D eigenvalue weighted by atomic mass is 10.1. The summed E-state index contributed by atoms with van der Waals surface area (Å²) < 4.78 is 4.68. The maximum absolute atomic E-state index is 12.4. The first-order valence-electron chi connectivity index (χ1n) is 6.48. The predicted molar refractivity (Wildman–Crippen MR) is 72.5 cm³/mol. The standard InChI is InChI=1S/C12H18N2O5S/c1-19-11(17)8-2-3-13(6-8)12(18)14-4-5-20-7-9(14)10(15)16/h8-9H,2-7H2,1H3,(H,15,16). The maximum Gasteiger partial charge on any atom is 0.327 e. The van der Waals surface area contributed by atoms with Crippen LogP contribution >= 0.6 is 11.8 Å². The first-order chi connectivity index (χ1) is 9.54. The second-order valence-electron chi connectivity index (χ2n) is 4.86. The second-order valence-corrected chi connectivity index (χ2v) is 6.01. The lowest BCUT2D eigenvalue weighted by Gasteiger charge is -2.35. The molecule has 2 heterocycles. The molecule has 1 N–H and O–H groups in total. The fourth-order valence-electron chi connectivity index (χ4n) is 2.51. The molecule has 0 aliphatic carbocycles. The summed E-state index contributed by atoms with van der Waals surface area (Å²) in [4.78, 5) is 38.0. The molecule has 2 rings (SSSR count). The monoisotopic (exact) mass is 302 g/mol. The molecule has 20 heavy (non-hydrogen) atoms. The Morgan fingerprint density at radius 3 is 2.70 bits per heavy atom. The molecule has 0 spiro atoms. The smallest absolute Gasteiger partial charge is 0.327 e. The van der Waals surface area contributed by atoms with Crippen molar-refractivity contribution in [2.75, 3.05) is 38.2 Å². The first kappa shape index (κ1) is 15.0. The Hall–Kier alpha value is -1.44. The first-order valence-corrected chi connectivity index (χ1v) is 7.64. The van der Waals surface area contributed by atoms with Crippen LogP contribution in [0.2, 0.25) is 0 Å². The lowest BCUT2D eigenvalue weighted by Crippen LogP contribution is -2.54. The van der Waals surface area contributed by atoms with Gasteiger partial charge in [0.1, 0.15) is 6.04 Å². The van der Waals surface area contributed by atoms with Crippen LogP contribution in [0.25, 0.3) is 0 Å². The molecule has 0 radical (unpaired) electrons. The Balaban J connectivity index is 2.00. The Kier molecular flexibility index (Phi) is 4.74. The SMILES string of the molecule is COC(=O)C1CCN(C(=O)N2CCSCC2C(=O)O)C1. The number of carbonyl (C=O) groups excluding carboxylic acids is 2. The van der Waals surface area contributed by atoms with Crippen LogP contribution < -0.4 is 0 Å². The zero-order chi connectivity index (χ0) is 14.7. The number of hydrogen-bond donors (Lipinski definition) is 1. The highest BCUT2D eigenvalue weighted by Gasteiger charge is 2.38. The Morgan fingerprint density at radius 2 is 2.05 bits per heavy atom. The molecule has 8 heteroatoms. The number of rotatable bonds is 2. The van der Waals surface area contributed by atoms with Gasteiger partial charge in [-0.25, -0.2) is 9.59 Å². The minimum absolute atomic E-state index is 0.288. The molecule has 7 nitrogen and oxygen atoms in total. The molecule has 2 fully saturated rings. The molecule has 0 aromatic rings. The number of urea groups is 1. The van der Waals surface area contributed by atoms with Crippen molar-refractivity contribution < 1.29 is 24.2 Å². The van der Waals surface area contributed by atoms with Gasteiger partial charge in [0, 0.05) is 31.1 Å². The zero-order valence-corrected chi connectivity index (χ0v) is 12.1. The number of amides is 2. The van der Waals surface area contributed by atoms with Crippen molar-refractivity contribution in [1.29, 1.82) is 0 Å². The molecule has 2 aliphatic rings. The van der Waals surface area contributed by atoms with Crippen LogP contribution in [0.1, 0.15) is 6.42 Å². The van der Waals surface area contributed by atoms with Crippen LogP contribution in [-0.2, 0) is 14.3 Å². The number of likely N-dealkylation sites (tertiary alicyclic amines) is 1. The molecule has 2 unspecified atom stereocenters. The van der Waals surface area contributed by atoms with Gasteiger partial charge in [-0.1, -0.05) is 0 Å². The van der Waals surface area contributed by atoms with Gasteiger partial charge >= 0.3 is 18.0 Å². The van der Waals surface area contributed by atoms with Crippen molar-refractivity contribution in [2.24, 2.45) is 5.92 Å². The molecule has 2 aliphatic heterocycles. The summed E-state index contributed by atoms with van der Waals surface area (Å²) >= 11 is 1.54. The van der Waals surface area contributed by atoms with Gasteiger partial charge in [-0.2, -0.15) is 11.8 Å². The van der Waals surface area contributed by atoms with Crippen LogP contribution in [0.3, 0.4) is 0 Å². The summed E-state index contributed by atoms with van der Waals surface area (Å²) in [6.07, 6.45) is 0.568. The Morgan fingerprint density at radius 1 is 1.30 bits per heavy atom. The number of methoxy groups -OCH3 is 1. The highest BCUT2D eigenvalue weighted by atomic mass is 32.2. The minimum atomic E-state index is -0.978. The van der Waals surface area contributed by atoms with Gasteiger partial charge in [-0.3, -0.25) is 4.79 Å². The average Bonchev–Trinajstić information content (AvgIpc) is 2.95. The van der Waals surface area contributed by atoms with Gasteiger partial charge in [-0.05, 0) is 6.42 Å². The third-order valence-corrected chi connectivity index (χ3v) is 4.68. The summed E-state index contributed by atoms with van der Waals surface area (Å²) in [5, 5.41) is 9.18. The molecule has 0 aromatic carbocycles. The van der Waals surface area contributed by atoms with Crippen molar-refractivity contribution in [1.82, 2.24) is 9.80 Å². The third kappa shape index (κ3) is 3.00. The van der Waals surface area contributed by atoms with E-state index in [1.54, 1.807) is 4.90 Å². The van der Waals surface area contributed by atoms with E-state index in [-0.39, 0.29) is 17.9 Å². The average molecular weight is 302 g/mol. The molecule has 2 amide bonds. The van der Waals surface area contributed by atoms with E-state index in [0.717, 1.165) is 5.75 Å². The van der Waals surface area contributed by atoms with E-state index >= 15 is 0 Å². The quantitative estimate of drug-likeness (QED) is 0.728. The summed E-state index contributed by atoms with van der Waals surface area (Å²) in [5.41, 5.74) is 0. The molecule has 2 atom stereocenters. The molecular formula is C12H18N2O5S.